The number of hydrogen-bond donors (Lipinski definition) is 1. The molecule has 1 aliphatic heterocycles. The summed E-state index contributed by atoms with van der Waals surface area (Å²) in [6, 6.07) is 5.45. The fourth-order valence-corrected chi connectivity index (χ4v) is 3.23. The number of amides is 1. The van der Waals surface area contributed by atoms with Crippen LogP contribution in [0.2, 0.25) is 0 Å². The number of fused-ring (bicyclic) bond motifs is 1. The molecule has 3 heterocycles. The number of hydrogen-bond acceptors (Lipinski definition) is 7. The number of nitrogens with zero attached hydrogens (tertiary/aromatic N) is 4. The number of carbonyl (C=O) groups excluding carboxylic acids is 1. The minimum absolute atomic E-state index is 0.187. The number of benzene rings is 1. The highest BCUT2D eigenvalue weighted by Gasteiger charge is 2.14. The Morgan fingerprint density at radius 2 is 1.96 bits per heavy atom. The normalized spacial score (nSPS) is 14.8. The number of aromatic nitrogens is 3. The lowest BCUT2D eigenvalue weighted by Crippen LogP contribution is -2.37. The van der Waals surface area contributed by atoms with Crippen LogP contribution in [0.5, 0.6) is 0 Å². The third-order valence-electron chi connectivity index (χ3n) is 3.78. The van der Waals surface area contributed by atoms with Crippen LogP contribution >= 0.6 is 11.3 Å². The number of nitrogens with one attached hydrogen (secondary N) is 1. The topological polar surface area (TPSA) is 80.2 Å². The van der Waals surface area contributed by atoms with Crippen LogP contribution in [0.25, 0.3) is 10.2 Å². The quantitative estimate of drug-likeness (QED) is 0.786. The van der Waals surface area contributed by atoms with Gasteiger partial charge in [-0.15, -0.1) is 11.3 Å². The molecule has 1 aromatic carbocycles. The standard InChI is InChI=1S/C16H15N5O2S/c22-15(11-1-2-13-14(7-11)24-10-19-13)20-12-8-17-16(18-9-12)21-3-5-23-6-4-21/h1-2,7-10H,3-6H2,(H,20,22). The summed E-state index contributed by atoms with van der Waals surface area (Å²) in [4.78, 5) is 27.3. The summed E-state index contributed by atoms with van der Waals surface area (Å²) >= 11 is 1.51. The number of rotatable bonds is 3. The van der Waals surface area contributed by atoms with E-state index in [1.165, 1.54) is 11.3 Å². The molecule has 1 saturated heterocycles. The average Bonchev–Trinajstić information content (AvgIpc) is 3.11. The SMILES string of the molecule is O=C(Nc1cnc(N2CCOCC2)nc1)c1ccc2ncsc2c1. The second kappa shape index (κ2) is 6.50. The zero-order valence-electron chi connectivity index (χ0n) is 12.8. The summed E-state index contributed by atoms with van der Waals surface area (Å²) in [6.07, 6.45) is 3.25. The molecule has 7 nitrogen and oxygen atoms in total. The smallest absolute Gasteiger partial charge is 0.255 e. The van der Waals surface area contributed by atoms with Crippen molar-refractivity contribution in [2.45, 2.75) is 0 Å². The van der Waals surface area contributed by atoms with Crippen LogP contribution in [0.4, 0.5) is 11.6 Å². The van der Waals surface area contributed by atoms with E-state index in [-0.39, 0.29) is 5.91 Å². The Kier molecular flexibility index (Phi) is 4.06. The van der Waals surface area contributed by atoms with Gasteiger partial charge in [-0.25, -0.2) is 15.0 Å². The van der Waals surface area contributed by atoms with Crippen LogP contribution < -0.4 is 10.2 Å². The van der Waals surface area contributed by atoms with Gasteiger partial charge in [0.2, 0.25) is 5.95 Å². The third kappa shape index (κ3) is 3.06. The van der Waals surface area contributed by atoms with Crippen molar-refractivity contribution in [3.8, 4) is 0 Å². The van der Waals surface area contributed by atoms with Crippen molar-refractivity contribution in [3.05, 3.63) is 41.7 Å². The van der Waals surface area contributed by atoms with Crippen molar-refractivity contribution in [1.29, 1.82) is 0 Å². The molecular weight excluding hydrogens is 326 g/mol. The third-order valence-corrected chi connectivity index (χ3v) is 4.58. The van der Waals surface area contributed by atoms with Gasteiger partial charge in [-0.05, 0) is 18.2 Å². The lowest BCUT2D eigenvalue weighted by atomic mass is 10.2. The van der Waals surface area contributed by atoms with Gasteiger partial charge in [-0.3, -0.25) is 4.79 Å². The number of carbonyl (C=O) groups is 1. The van der Waals surface area contributed by atoms with Crippen molar-refractivity contribution < 1.29 is 9.53 Å². The second-order valence-electron chi connectivity index (χ2n) is 5.36. The molecule has 0 atom stereocenters. The Hall–Kier alpha value is -2.58. The monoisotopic (exact) mass is 341 g/mol. The van der Waals surface area contributed by atoms with Crippen molar-refractivity contribution in [2.24, 2.45) is 0 Å². The van der Waals surface area contributed by atoms with Gasteiger partial charge in [-0.1, -0.05) is 0 Å². The molecule has 0 radical (unpaired) electrons. The maximum atomic E-state index is 12.4. The van der Waals surface area contributed by atoms with E-state index in [0.717, 1.165) is 23.3 Å². The minimum atomic E-state index is -0.187. The Morgan fingerprint density at radius 3 is 2.75 bits per heavy atom. The van der Waals surface area contributed by atoms with E-state index in [1.807, 2.05) is 12.1 Å². The highest BCUT2D eigenvalue weighted by Crippen LogP contribution is 2.20. The average molecular weight is 341 g/mol. The van der Waals surface area contributed by atoms with Crippen molar-refractivity contribution in [2.75, 3.05) is 36.5 Å². The van der Waals surface area contributed by atoms with E-state index >= 15 is 0 Å². The number of ether oxygens (including phenoxy) is 1. The Balaban J connectivity index is 1.46. The fourth-order valence-electron chi connectivity index (χ4n) is 2.51. The minimum Gasteiger partial charge on any atom is -0.378 e. The summed E-state index contributed by atoms with van der Waals surface area (Å²) < 4.78 is 6.30. The van der Waals surface area contributed by atoms with E-state index < -0.39 is 0 Å². The van der Waals surface area contributed by atoms with Gasteiger partial charge in [-0.2, -0.15) is 0 Å². The fraction of sp³-hybridized carbons (Fsp3) is 0.250. The molecule has 0 saturated carbocycles. The highest BCUT2D eigenvalue weighted by atomic mass is 32.1. The summed E-state index contributed by atoms with van der Waals surface area (Å²) in [7, 11) is 0. The molecule has 0 aliphatic carbocycles. The van der Waals surface area contributed by atoms with E-state index in [2.05, 4.69) is 25.2 Å². The molecule has 4 rings (SSSR count). The van der Waals surface area contributed by atoms with E-state index in [9.17, 15) is 4.79 Å². The predicted molar refractivity (Wildman–Crippen MR) is 92.6 cm³/mol. The first-order valence-corrected chi connectivity index (χ1v) is 8.47. The van der Waals surface area contributed by atoms with Gasteiger partial charge in [0, 0.05) is 18.7 Å². The van der Waals surface area contributed by atoms with Gasteiger partial charge in [0.05, 0.1) is 47.0 Å². The van der Waals surface area contributed by atoms with Crippen LogP contribution in [-0.2, 0) is 4.74 Å². The summed E-state index contributed by atoms with van der Waals surface area (Å²) in [5, 5.41) is 2.82. The van der Waals surface area contributed by atoms with Gasteiger partial charge in [0.25, 0.3) is 5.91 Å². The van der Waals surface area contributed by atoms with Crippen LogP contribution in [0.3, 0.4) is 0 Å². The van der Waals surface area contributed by atoms with Crippen LogP contribution in [0, 0.1) is 0 Å². The summed E-state index contributed by atoms with van der Waals surface area (Å²) in [5.74, 6) is 0.468. The lowest BCUT2D eigenvalue weighted by Gasteiger charge is -2.26. The van der Waals surface area contributed by atoms with Crippen molar-refractivity contribution in [1.82, 2.24) is 15.0 Å². The maximum absolute atomic E-state index is 12.4. The highest BCUT2D eigenvalue weighted by molar-refractivity contribution is 7.16. The molecule has 0 unspecified atom stereocenters. The van der Waals surface area contributed by atoms with Gasteiger partial charge in [0.1, 0.15) is 0 Å². The molecule has 2 aromatic heterocycles. The molecule has 3 aromatic rings. The zero-order chi connectivity index (χ0) is 16.4. The number of morpholine rings is 1. The molecule has 1 N–H and O–H groups in total. The van der Waals surface area contributed by atoms with E-state index in [4.69, 9.17) is 4.74 Å². The summed E-state index contributed by atoms with van der Waals surface area (Å²) in [5.41, 5.74) is 3.82. The zero-order valence-corrected chi connectivity index (χ0v) is 13.6. The van der Waals surface area contributed by atoms with E-state index in [1.54, 1.807) is 24.0 Å². The van der Waals surface area contributed by atoms with Crippen molar-refractivity contribution >= 4 is 39.1 Å². The molecule has 8 heteroatoms. The molecule has 1 fully saturated rings. The summed E-state index contributed by atoms with van der Waals surface area (Å²) in [6.45, 7) is 2.92. The molecule has 0 bridgehead atoms. The van der Waals surface area contributed by atoms with E-state index in [0.29, 0.717) is 30.4 Å². The maximum Gasteiger partial charge on any atom is 0.255 e. The Labute approximate surface area is 142 Å². The van der Waals surface area contributed by atoms with Crippen LogP contribution in [-0.4, -0.2) is 47.2 Å². The second-order valence-corrected chi connectivity index (χ2v) is 6.25. The molecule has 1 aliphatic rings. The number of anilines is 2. The lowest BCUT2D eigenvalue weighted by molar-refractivity contribution is 0.102. The first-order valence-electron chi connectivity index (χ1n) is 7.59. The molecular formula is C16H15N5O2S. The predicted octanol–water partition coefficient (Wildman–Crippen LogP) is 2.18. The van der Waals surface area contributed by atoms with Crippen LogP contribution in [0.15, 0.2) is 36.1 Å². The Bertz CT molecular complexity index is 858. The number of thiazole rings is 1. The van der Waals surface area contributed by atoms with Crippen molar-refractivity contribution in [3.63, 3.8) is 0 Å². The van der Waals surface area contributed by atoms with Gasteiger partial charge < -0.3 is 15.0 Å². The molecule has 122 valence electrons. The molecule has 0 spiro atoms. The van der Waals surface area contributed by atoms with Crippen LogP contribution in [0.1, 0.15) is 10.4 Å². The Morgan fingerprint density at radius 1 is 1.17 bits per heavy atom. The largest absolute Gasteiger partial charge is 0.378 e. The first kappa shape index (κ1) is 15.0. The first-order chi connectivity index (χ1) is 11.8. The van der Waals surface area contributed by atoms with Gasteiger partial charge >= 0.3 is 0 Å². The molecule has 24 heavy (non-hydrogen) atoms. The van der Waals surface area contributed by atoms with Gasteiger partial charge in [0.15, 0.2) is 0 Å². The molecule has 1 amide bonds.